The number of amides is 2. The molecule has 2 aliphatic heterocycles. The summed E-state index contributed by atoms with van der Waals surface area (Å²) in [5, 5.41) is 9.03. The van der Waals surface area contributed by atoms with Crippen molar-refractivity contribution in [1.29, 1.82) is 0 Å². The number of hydrogen-bond donors (Lipinski definition) is 1. The molecule has 0 bridgehead atoms. The van der Waals surface area contributed by atoms with E-state index in [4.69, 9.17) is 5.11 Å². The van der Waals surface area contributed by atoms with Gasteiger partial charge in [-0.1, -0.05) is 0 Å². The second-order valence-electron chi connectivity index (χ2n) is 4.66. The van der Waals surface area contributed by atoms with Gasteiger partial charge in [-0.25, -0.2) is 9.59 Å². The highest BCUT2D eigenvalue weighted by Crippen LogP contribution is 2.24. The molecule has 2 aliphatic rings. The Balaban J connectivity index is 2.06. The Morgan fingerprint density at radius 1 is 1.12 bits per heavy atom. The van der Waals surface area contributed by atoms with E-state index in [0.717, 1.165) is 25.8 Å². The SMILES string of the molecule is CC1CCCN1C(=O)N1CCC[C@@H]1C(=O)O. The van der Waals surface area contributed by atoms with Crippen molar-refractivity contribution in [3.05, 3.63) is 0 Å². The number of carboxylic acid groups (broad SMARTS) is 1. The molecule has 2 rings (SSSR count). The van der Waals surface area contributed by atoms with Crippen LogP contribution >= 0.6 is 0 Å². The first-order valence-corrected chi connectivity index (χ1v) is 5.91. The standard InChI is InChI=1S/C11H18N2O3/c1-8-4-2-6-12(8)11(16)13-7-3-5-9(13)10(14)15/h8-9H,2-7H2,1H3,(H,14,15)/t8?,9-/m1/s1. The summed E-state index contributed by atoms with van der Waals surface area (Å²) in [4.78, 5) is 26.5. The van der Waals surface area contributed by atoms with Crippen LogP contribution in [0.1, 0.15) is 32.6 Å². The number of hydrogen-bond acceptors (Lipinski definition) is 2. The highest BCUT2D eigenvalue weighted by atomic mass is 16.4. The fourth-order valence-electron chi connectivity index (χ4n) is 2.63. The Hall–Kier alpha value is -1.26. The van der Waals surface area contributed by atoms with E-state index in [0.29, 0.717) is 13.0 Å². The maximum Gasteiger partial charge on any atom is 0.326 e. The first-order valence-electron chi connectivity index (χ1n) is 5.91. The fraction of sp³-hybridized carbons (Fsp3) is 0.818. The summed E-state index contributed by atoms with van der Waals surface area (Å²) in [6.07, 6.45) is 3.43. The van der Waals surface area contributed by atoms with Crippen molar-refractivity contribution in [3.63, 3.8) is 0 Å². The topological polar surface area (TPSA) is 60.9 Å². The summed E-state index contributed by atoms with van der Waals surface area (Å²) in [5.41, 5.74) is 0. The average molecular weight is 226 g/mol. The van der Waals surface area contributed by atoms with Crippen molar-refractivity contribution >= 4 is 12.0 Å². The minimum atomic E-state index is -0.877. The summed E-state index contributed by atoms with van der Waals surface area (Å²) in [6, 6.07) is -0.447. The van der Waals surface area contributed by atoms with Crippen LogP contribution < -0.4 is 0 Å². The third-order valence-corrected chi connectivity index (χ3v) is 3.58. The van der Waals surface area contributed by atoms with E-state index in [-0.39, 0.29) is 12.1 Å². The molecule has 90 valence electrons. The number of nitrogens with zero attached hydrogens (tertiary/aromatic N) is 2. The third-order valence-electron chi connectivity index (χ3n) is 3.58. The monoisotopic (exact) mass is 226 g/mol. The normalized spacial score (nSPS) is 29.8. The van der Waals surface area contributed by atoms with E-state index in [9.17, 15) is 9.59 Å². The van der Waals surface area contributed by atoms with Gasteiger partial charge in [0.05, 0.1) is 0 Å². The predicted molar refractivity (Wildman–Crippen MR) is 58.2 cm³/mol. The van der Waals surface area contributed by atoms with Gasteiger partial charge in [-0.3, -0.25) is 0 Å². The van der Waals surface area contributed by atoms with Gasteiger partial charge in [0.1, 0.15) is 6.04 Å². The summed E-state index contributed by atoms with van der Waals surface area (Å²) in [7, 11) is 0. The van der Waals surface area contributed by atoms with Gasteiger partial charge in [0.2, 0.25) is 0 Å². The van der Waals surface area contributed by atoms with Crippen molar-refractivity contribution in [1.82, 2.24) is 9.80 Å². The van der Waals surface area contributed by atoms with Gasteiger partial charge in [0.15, 0.2) is 0 Å². The molecule has 5 heteroatoms. The van der Waals surface area contributed by atoms with Crippen LogP contribution in [0.15, 0.2) is 0 Å². The van der Waals surface area contributed by atoms with Crippen molar-refractivity contribution in [2.45, 2.75) is 44.7 Å². The Kier molecular flexibility index (Phi) is 3.03. The lowest BCUT2D eigenvalue weighted by Crippen LogP contribution is -2.48. The van der Waals surface area contributed by atoms with Gasteiger partial charge in [-0.05, 0) is 32.6 Å². The van der Waals surface area contributed by atoms with Crippen LogP contribution in [0, 0.1) is 0 Å². The van der Waals surface area contributed by atoms with Crippen LogP contribution in [0.2, 0.25) is 0 Å². The average Bonchev–Trinajstić information content (AvgIpc) is 2.84. The molecule has 2 heterocycles. The predicted octanol–water partition coefficient (Wildman–Crippen LogP) is 1.14. The number of urea groups is 1. The maximum atomic E-state index is 12.2. The Morgan fingerprint density at radius 2 is 1.75 bits per heavy atom. The molecule has 2 fully saturated rings. The van der Waals surface area contributed by atoms with E-state index in [1.807, 2.05) is 6.92 Å². The second kappa shape index (κ2) is 4.31. The van der Waals surface area contributed by atoms with Crippen LogP contribution in [0.25, 0.3) is 0 Å². The number of carboxylic acids is 1. The number of carbonyl (C=O) groups is 2. The lowest BCUT2D eigenvalue weighted by molar-refractivity contribution is -0.141. The largest absolute Gasteiger partial charge is 0.480 e. The van der Waals surface area contributed by atoms with E-state index >= 15 is 0 Å². The van der Waals surface area contributed by atoms with Gasteiger partial charge in [-0.15, -0.1) is 0 Å². The molecule has 2 atom stereocenters. The molecule has 0 aromatic heterocycles. The quantitative estimate of drug-likeness (QED) is 0.729. The van der Waals surface area contributed by atoms with Crippen LogP contribution in [-0.2, 0) is 4.79 Å². The smallest absolute Gasteiger partial charge is 0.326 e. The molecule has 2 amide bonds. The molecule has 0 aromatic carbocycles. The Morgan fingerprint density at radius 3 is 2.31 bits per heavy atom. The molecule has 0 aliphatic carbocycles. The number of likely N-dealkylation sites (tertiary alicyclic amines) is 2. The fourth-order valence-corrected chi connectivity index (χ4v) is 2.63. The lowest BCUT2D eigenvalue weighted by atomic mass is 10.2. The van der Waals surface area contributed by atoms with Crippen molar-refractivity contribution in [2.75, 3.05) is 13.1 Å². The van der Waals surface area contributed by atoms with Crippen LogP contribution in [0.3, 0.4) is 0 Å². The first kappa shape index (κ1) is 11.2. The van der Waals surface area contributed by atoms with E-state index in [1.54, 1.807) is 4.90 Å². The summed E-state index contributed by atoms with van der Waals surface area (Å²) < 4.78 is 0. The lowest BCUT2D eigenvalue weighted by Gasteiger charge is -2.30. The second-order valence-corrected chi connectivity index (χ2v) is 4.66. The molecule has 0 radical (unpaired) electrons. The highest BCUT2D eigenvalue weighted by Gasteiger charge is 2.38. The molecule has 0 saturated carbocycles. The molecular weight excluding hydrogens is 208 g/mol. The van der Waals surface area contributed by atoms with Crippen LogP contribution in [-0.4, -0.2) is 52.1 Å². The van der Waals surface area contributed by atoms with Gasteiger partial charge in [-0.2, -0.15) is 0 Å². The van der Waals surface area contributed by atoms with Crippen molar-refractivity contribution < 1.29 is 14.7 Å². The zero-order chi connectivity index (χ0) is 11.7. The van der Waals surface area contributed by atoms with Gasteiger partial charge >= 0.3 is 12.0 Å². The molecule has 16 heavy (non-hydrogen) atoms. The summed E-state index contributed by atoms with van der Waals surface area (Å²) in [5.74, 6) is -0.877. The van der Waals surface area contributed by atoms with E-state index in [2.05, 4.69) is 0 Å². The van der Waals surface area contributed by atoms with Crippen molar-refractivity contribution in [2.24, 2.45) is 0 Å². The molecular formula is C11H18N2O3. The Labute approximate surface area is 95.0 Å². The number of aliphatic carboxylic acids is 1. The number of rotatable bonds is 1. The van der Waals surface area contributed by atoms with Crippen LogP contribution in [0.4, 0.5) is 4.79 Å². The summed E-state index contributed by atoms with van der Waals surface area (Å²) >= 11 is 0. The van der Waals surface area contributed by atoms with Gasteiger partial charge < -0.3 is 14.9 Å². The molecule has 0 spiro atoms. The minimum Gasteiger partial charge on any atom is -0.480 e. The van der Waals surface area contributed by atoms with Crippen LogP contribution in [0.5, 0.6) is 0 Å². The minimum absolute atomic E-state index is 0.0881. The van der Waals surface area contributed by atoms with Gasteiger partial charge in [0.25, 0.3) is 0 Å². The molecule has 0 aromatic rings. The maximum absolute atomic E-state index is 12.2. The zero-order valence-corrected chi connectivity index (χ0v) is 9.56. The molecule has 1 N–H and O–H groups in total. The molecule has 5 nitrogen and oxygen atoms in total. The molecule has 2 saturated heterocycles. The van der Waals surface area contributed by atoms with E-state index in [1.165, 1.54) is 4.90 Å². The third kappa shape index (κ3) is 1.86. The molecule has 1 unspecified atom stereocenters. The van der Waals surface area contributed by atoms with E-state index < -0.39 is 12.0 Å². The Bertz CT molecular complexity index is 306. The highest BCUT2D eigenvalue weighted by molar-refractivity contribution is 5.83. The van der Waals surface area contributed by atoms with Gasteiger partial charge in [0, 0.05) is 19.1 Å². The number of carbonyl (C=O) groups excluding carboxylic acids is 1. The first-order chi connectivity index (χ1) is 7.61. The van der Waals surface area contributed by atoms with Crippen molar-refractivity contribution in [3.8, 4) is 0 Å². The zero-order valence-electron chi connectivity index (χ0n) is 9.56. The summed E-state index contributed by atoms with van der Waals surface area (Å²) in [6.45, 7) is 3.37.